The number of carbonyl (C=O) groups excluding carboxylic acids is 2. The molecule has 44 heavy (non-hydrogen) atoms. The molecule has 0 spiro atoms. The van der Waals surface area contributed by atoms with E-state index in [4.69, 9.17) is 13.9 Å². The second-order valence-electron chi connectivity index (χ2n) is 10.5. The van der Waals surface area contributed by atoms with Gasteiger partial charge in [0.05, 0.1) is 26.2 Å². The molecule has 10 nitrogen and oxygen atoms in total. The van der Waals surface area contributed by atoms with Crippen LogP contribution in [0.3, 0.4) is 0 Å². The molecule has 0 saturated carbocycles. The van der Waals surface area contributed by atoms with Crippen molar-refractivity contribution in [2.45, 2.75) is 65.2 Å². The summed E-state index contributed by atoms with van der Waals surface area (Å²) in [6.45, 7) is 3.89. The van der Waals surface area contributed by atoms with Gasteiger partial charge in [-0.05, 0) is 55.7 Å². The number of methoxy groups -OCH3 is 2. The van der Waals surface area contributed by atoms with Crippen molar-refractivity contribution in [3.05, 3.63) is 65.7 Å². The van der Waals surface area contributed by atoms with E-state index >= 15 is 0 Å². The highest BCUT2D eigenvalue weighted by Gasteiger charge is 2.16. The van der Waals surface area contributed by atoms with E-state index in [-0.39, 0.29) is 5.91 Å². The van der Waals surface area contributed by atoms with Gasteiger partial charge in [0.15, 0.2) is 0 Å². The molecule has 2 aromatic carbocycles. The maximum absolute atomic E-state index is 11.5. The monoisotopic (exact) mass is 599 g/mol. The molecule has 0 fully saturated rings. The van der Waals surface area contributed by atoms with Gasteiger partial charge in [-0.3, -0.25) is 9.59 Å². The van der Waals surface area contributed by atoms with Gasteiger partial charge < -0.3 is 24.2 Å². The molecule has 0 bridgehead atoms. The number of pyridine rings is 1. The summed E-state index contributed by atoms with van der Waals surface area (Å²) in [6.07, 6.45) is 6.48. The summed E-state index contributed by atoms with van der Waals surface area (Å²) in [4.78, 5) is 30.6. The number of nitrogens with one attached hydrogen (secondary N) is 2. The van der Waals surface area contributed by atoms with Crippen LogP contribution in [0.5, 0.6) is 11.6 Å². The number of para-hydroxylation sites is 1. The Morgan fingerprint density at radius 1 is 0.977 bits per heavy atom. The third kappa shape index (κ3) is 8.21. The second-order valence-corrected chi connectivity index (χ2v) is 10.5. The predicted molar refractivity (Wildman–Crippen MR) is 171 cm³/mol. The average molecular weight is 600 g/mol. The Hall–Kier alpha value is -4.73. The predicted octanol–water partition coefficient (Wildman–Crippen LogP) is 6.54. The first-order valence-electron chi connectivity index (χ1n) is 15.0. The molecule has 0 aliphatic carbocycles. The Morgan fingerprint density at radius 3 is 2.52 bits per heavy atom. The maximum atomic E-state index is 11.5. The number of fused-ring (bicyclic) bond motifs is 2. The van der Waals surface area contributed by atoms with E-state index in [0.717, 1.165) is 70.9 Å². The third-order valence-electron chi connectivity index (χ3n) is 7.51. The number of unbranched alkanes of at least 4 members (excludes halogenated alkanes) is 3. The fraction of sp³-hybridized carbons (Fsp3) is 0.382. The van der Waals surface area contributed by atoms with Crippen LogP contribution in [0.25, 0.3) is 33.3 Å². The molecule has 5 aromatic rings. The largest absolute Gasteiger partial charge is 0.497 e. The van der Waals surface area contributed by atoms with Crippen molar-refractivity contribution in [2.24, 2.45) is 0 Å². The van der Waals surface area contributed by atoms with E-state index in [9.17, 15) is 9.59 Å². The maximum Gasteiger partial charge on any atom is 0.253 e. The van der Waals surface area contributed by atoms with Crippen LogP contribution in [-0.2, 0) is 22.4 Å². The molecule has 5 rings (SSSR count). The summed E-state index contributed by atoms with van der Waals surface area (Å²) in [5, 5.41) is 13.0. The van der Waals surface area contributed by atoms with E-state index in [1.807, 2.05) is 62.4 Å². The molecule has 0 saturated heterocycles. The first-order valence-corrected chi connectivity index (χ1v) is 15.0. The van der Waals surface area contributed by atoms with Gasteiger partial charge in [0.25, 0.3) is 5.89 Å². The topological polar surface area (TPSA) is 132 Å². The van der Waals surface area contributed by atoms with Gasteiger partial charge in [-0.15, -0.1) is 10.2 Å². The number of ether oxygens (including phenoxy) is 2. The number of amides is 1. The Kier molecular flexibility index (Phi) is 11.5. The van der Waals surface area contributed by atoms with Gasteiger partial charge in [-0.1, -0.05) is 38.0 Å². The molecular formula is C34H41N5O5. The Balaban J connectivity index is 0.000000223. The number of aryl methyl sites for hydroxylation is 2. The fourth-order valence-corrected chi connectivity index (χ4v) is 4.96. The van der Waals surface area contributed by atoms with Gasteiger partial charge in [-0.2, -0.15) is 0 Å². The molecule has 3 aromatic heterocycles. The highest BCUT2D eigenvalue weighted by Crippen LogP contribution is 2.31. The van der Waals surface area contributed by atoms with Crippen molar-refractivity contribution >= 4 is 33.5 Å². The lowest BCUT2D eigenvalue weighted by atomic mass is 10.1. The van der Waals surface area contributed by atoms with Crippen molar-refractivity contribution in [1.29, 1.82) is 0 Å². The van der Waals surface area contributed by atoms with Gasteiger partial charge in [0.2, 0.25) is 17.7 Å². The lowest BCUT2D eigenvalue weighted by Crippen LogP contribution is -2.20. The van der Waals surface area contributed by atoms with Crippen LogP contribution in [0.4, 0.5) is 0 Å². The minimum atomic E-state index is 0.0109. The number of ketones is 1. The van der Waals surface area contributed by atoms with Crippen LogP contribution in [0.2, 0.25) is 0 Å². The summed E-state index contributed by atoms with van der Waals surface area (Å²) in [5.74, 6) is 2.67. The Bertz CT molecular complexity index is 1710. The zero-order valence-corrected chi connectivity index (χ0v) is 26.2. The number of hydrogen-bond acceptors (Lipinski definition) is 8. The van der Waals surface area contributed by atoms with Gasteiger partial charge >= 0.3 is 0 Å². The highest BCUT2D eigenvalue weighted by atomic mass is 16.5. The number of nitrogens with zero attached hydrogens (tertiary/aromatic N) is 3. The average Bonchev–Trinajstić information content (AvgIpc) is 3.65. The van der Waals surface area contributed by atoms with Crippen LogP contribution in [0, 0.1) is 6.92 Å². The number of rotatable bonds is 13. The molecule has 10 heteroatoms. The van der Waals surface area contributed by atoms with Crippen molar-refractivity contribution in [2.75, 3.05) is 21.3 Å². The molecule has 0 aliphatic heterocycles. The standard InChI is InChI=1S/C21H25N3O3.C13H16N2O2/c1-3-16(25)11-6-4-5-7-13-19-23-24-21(27-19)17-14-15-10-8-9-12-18(15)22-20(17)26-2;1-8-10(7-13(16)14-2)11-6-9(17-3)4-5-12(11)15-8/h8-10,12,14H,3-7,11,13H2,1-2H3;4-6,15H,7H2,1-3H3,(H,14,16). The number of H-pyrrole nitrogens is 1. The molecule has 0 unspecified atom stereocenters. The highest BCUT2D eigenvalue weighted by molar-refractivity contribution is 5.91. The molecule has 0 aliphatic rings. The quantitative estimate of drug-likeness (QED) is 0.146. The van der Waals surface area contributed by atoms with Crippen LogP contribution in [0.15, 0.2) is 52.9 Å². The molecule has 0 radical (unpaired) electrons. The van der Waals surface area contributed by atoms with Crippen LogP contribution >= 0.6 is 0 Å². The summed E-state index contributed by atoms with van der Waals surface area (Å²) in [7, 11) is 4.87. The van der Waals surface area contributed by atoms with Crippen LogP contribution in [0.1, 0.15) is 62.6 Å². The minimum absolute atomic E-state index is 0.0109. The molecule has 1 amide bonds. The molecular weight excluding hydrogens is 558 g/mol. The van der Waals surface area contributed by atoms with E-state index in [1.54, 1.807) is 21.3 Å². The lowest BCUT2D eigenvalue weighted by Gasteiger charge is -2.06. The lowest BCUT2D eigenvalue weighted by molar-refractivity contribution is -0.120. The Labute approximate surface area is 257 Å². The summed E-state index contributed by atoms with van der Waals surface area (Å²) < 4.78 is 16.4. The molecule has 3 heterocycles. The normalized spacial score (nSPS) is 10.8. The minimum Gasteiger partial charge on any atom is -0.497 e. The summed E-state index contributed by atoms with van der Waals surface area (Å²) in [5.41, 5.74) is 4.64. The van der Waals surface area contributed by atoms with E-state index in [2.05, 4.69) is 25.5 Å². The first-order chi connectivity index (χ1) is 21.4. The van der Waals surface area contributed by atoms with Crippen molar-refractivity contribution in [3.63, 3.8) is 0 Å². The molecule has 2 N–H and O–H groups in total. The number of aromatic amines is 1. The van der Waals surface area contributed by atoms with Crippen molar-refractivity contribution < 1.29 is 23.5 Å². The molecule has 232 valence electrons. The van der Waals surface area contributed by atoms with Gasteiger partial charge in [-0.25, -0.2) is 4.98 Å². The van der Waals surface area contributed by atoms with E-state index < -0.39 is 0 Å². The fourth-order valence-electron chi connectivity index (χ4n) is 4.96. The third-order valence-corrected chi connectivity index (χ3v) is 7.51. The number of Topliss-reactive ketones (excluding diaryl/α,β-unsaturated/α-hetero) is 1. The number of hydrogen-bond donors (Lipinski definition) is 2. The SMILES string of the molecule is CCC(=O)CCCCCCc1nnc(-c2cc3ccccc3nc2OC)o1.CNC(=O)Cc1c(C)[nH]c2ccc(OC)cc12. The van der Waals surface area contributed by atoms with Gasteiger partial charge in [0, 0.05) is 48.3 Å². The van der Waals surface area contributed by atoms with Crippen molar-refractivity contribution in [3.8, 4) is 23.1 Å². The number of carbonyl (C=O) groups is 2. The number of benzene rings is 2. The number of aromatic nitrogens is 4. The zero-order chi connectivity index (χ0) is 31.5. The smallest absolute Gasteiger partial charge is 0.253 e. The van der Waals surface area contributed by atoms with E-state index in [0.29, 0.717) is 48.3 Å². The zero-order valence-electron chi connectivity index (χ0n) is 26.2. The number of likely N-dealkylation sites (N-methyl/N-ethyl adjacent to an activating group) is 1. The first kappa shape index (κ1) is 32.2. The summed E-state index contributed by atoms with van der Waals surface area (Å²) >= 11 is 0. The van der Waals surface area contributed by atoms with Crippen LogP contribution in [-0.4, -0.2) is 53.1 Å². The summed E-state index contributed by atoms with van der Waals surface area (Å²) in [6, 6.07) is 15.6. The van der Waals surface area contributed by atoms with E-state index in [1.165, 1.54) is 0 Å². The Morgan fingerprint density at radius 2 is 1.77 bits per heavy atom. The van der Waals surface area contributed by atoms with Gasteiger partial charge in [0.1, 0.15) is 17.1 Å². The van der Waals surface area contributed by atoms with Crippen LogP contribution < -0.4 is 14.8 Å². The van der Waals surface area contributed by atoms with Crippen molar-refractivity contribution in [1.82, 2.24) is 25.5 Å². The molecule has 0 atom stereocenters. The second kappa shape index (κ2) is 15.7.